The Kier molecular flexibility index (Phi) is 4.69. The molecule has 0 saturated heterocycles. The molecule has 0 aromatic carbocycles. The molecule has 0 aliphatic heterocycles. The number of aromatic nitrogens is 7. The molecule has 0 amide bonds. The second-order valence-corrected chi connectivity index (χ2v) is 6.38. The maximum Gasteiger partial charge on any atom is 0.436 e. The van der Waals surface area contributed by atoms with Crippen LogP contribution in [0.3, 0.4) is 0 Å². The molecular weight excluding hydrogens is 391 g/mol. The molecule has 1 N–H and O–H groups in total. The Hall–Kier alpha value is -2.14. The van der Waals surface area contributed by atoms with Crippen LogP contribution in [0.15, 0.2) is 6.20 Å². The van der Waals surface area contributed by atoms with Crippen molar-refractivity contribution in [3.63, 3.8) is 0 Å². The summed E-state index contributed by atoms with van der Waals surface area (Å²) in [6.45, 7) is 5.94. The Balaban J connectivity index is 2.06. The summed E-state index contributed by atoms with van der Waals surface area (Å²) < 4.78 is 43.9. The van der Waals surface area contributed by atoms with E-state index in [0.717, 1.165) is 10.4 Å². The van der Waals surface area contributed by atoms with Crippen LogP contribution < -0.4 is 0 Å². The quantitative estimate of drug-likeness (QED) is 0.672. The van der Waals surface area contributed by atoms with Crippen molar-refractivity contribution in [2.75, 3.05) is 0 Å². The maximum absolute atomic E-state index is 13.0. The monoisotopic (exact) mass is 405 g/mol. The number of hydrogen-bond donors (Lipinski definition) is 1. The Bertz CT molecular complexity index is 1010. The minimum atomic E-state index is -4.63. The van der Waals surface area contributed by atoms with Crippen molar-refractivity contribution in [3.8, 4) is 5.69 Å². The van der Waals surface area contributed by atoms with Gasteiger partial charge in [-0.25, -0.2) is 0 Å². The first-order valence-electron chi connectivity index (χ1n) is 7.64. The Morgan fingerprint density at radius 2 is 1.92 bits per heavy atom. The largest absolute Gasteiger partial charge is 0.436 e. The number of aryl methyl sites for hydroxylation is 1. The van der Waals surface area contributed by atoms with E-state index in [1.165, 1.54) is 6.92 Å². The van der Waals surface area contributed by atoms with Gasteiger partial charge in [0.25, 0.3) is 0 Å². The second kappa shape index (κ2) is 6.54. The minimum absolute atomic E-state index is 0.0362. The van der Waals surface area contributed by atoms with Gasteiger partial charge >= 0.3 is 6.18 Å². The first kappa shape index (κ1) is 18.6. The number of halogens is 4. The molecule has 0 atom stereocenters. The molecule has 0 radical (unpaired) electrons. The third-order valence-electron chi connectivity index (χ3n) is 4.05. The van der Waals surface area contributed by atoms with Crippen LogP contribution in [-0.2, 0) is 19.3 Å². The molecule has 0 fully saturated rings. The van der Waals surface area contributed by atoms with E-state index >= 15 is 0 Å². The normalized spacial score (nSPS) is 12.1. The summed E-state index contributed by atoms with van der Waals surface area (Å²) in [5.41, 5.74) is 0.637. The summed E-state index contributed by atoms with van der Waals surface area (Å²) >= 11 is 11.1. The smallest absolute Gasteiger partial charge is 0.268 e. The zero-order chi connectivity index (χ0) is 19.2. The fourth-order valence-electron chi connectivity index (χ4n) is 2.65. The van der Waals surface area contributed by atoms with E-state index in [4.69, 9.17) is 23.8 Å². The van der Waals surface area contributed by atoms with E-state index in [1.54, 1.807) is 15.4 Å². The summed E-state index contributed by atoms with van der Waals surface area (Å²) in [6, 6.07) is 0. The van der Waals surface area contributed by atoms with Crippen LogP contribution >= 0.6 is 23.8 Å². The van der Waals surface area contributed by atoms with Crippen LogP contribution in [0.5, 0.6) is 0 Å². The summed E-state index contributed by atoms with van der Waals surface area (Å²) in [5.74, 6) is 0.393. The predicted molar refractivity (Wildman–Crippen MR) is 91.0 cm³/mol. The third-order valence-corrected chi connectivity index (χ3v) is 4.78. The van der Waals surface area contributed by atoms with Crippen molar-refractivity contribution in [1.82, 2.24) is 34.3 Å². The van der Waals surface area contributed by atoms with E-state index in [2.05, 4.69) is 20.4 Å². The van der Waals surface area contributed by atoms with Gasteiger partial charge in [-0.1, -0.05) is 11.6 Å². The van der Waals surface area contributed by atoms with Crippen LogP contribution in [0.1, 0.15) is 29.8 Å². The zero-order valence-corrected chi connectivity index (χ0v) is 15.7. The van der Waals surface area contributed by atoms with Crippen LogP contribution in [0.25, 0.3) is 5.69 Å². The van der Waals surface area contributed by atoms with Gasteiger partial charge in [0.05, 0.1) is 28.3 Å². The standard InChI is InChI=1S/C14H15ClF3N7S/c1-4-23-7(2)9(5-19-23)25-10(20-21-13(25)26)6-24-8(3)11(15)12(22-24)14(16,17)18/h5H,4,6H2,1-3H3,(H,21,26). The fourth-order valence-corrected chi connectivity index (χ4v) is 3.14. The van der Waals surface area contributed by atoms with Gasteiger partial charge in [-0.3, -0.25) is 19.0 Å². The SMILES string of the molecule is CCn1ncc(-n2c(Cn3nc(C(F)(F)F)c(Cl)c3C)n[nH]c2=S)c1C. The topological polar surface area (TPSA) is 69.2 Å². The lowest BCUT2D eigenvalue weighted by molar-refractivity contribution is -0.141. The van der Waals surface area contributed by atoms with Crippen molar-refractivity contribution >= 4 is 23.8 Å². The van der Waals surface area contributed by atoms with Gasteiger partial charge in [-0.05, 0) is 33.0 Å². The highest BCUT2D eigenvalue weighted by atomic mass is 35.5. The molecule has 0 bridgehead atoms. The first-order valence-corrected chi connectivity index (χ1v) is 8.43. The lowest BCUT2D eigenvalue weighted by atomic mass is 10.3. The van der Waals surface area contributed by atoms with E-state index < -0.39 is 16.9 Å². The van der Waals surface area contributed by atoms with Crippen molar-refractivity contribution in [3.05, 3.63) is 38.9 Å². The molecule has 0 saturated carbocycles. The lowest BCUT2D eigenvalue weighted by Gasteiger charge is -2.08. The van der Waals surface area contributed by atoms with Crippen molar-refractivity contribution in [1.29, 1.82) is 0 Å². The van der Waals surface area contributed by atoms with Gasteiger partial charge in [-0.15, -0.1) is 0 Å². The van der Waals surface area contributed by atoms with Gasteiger partial charge in [0.2, 0.25) is 0 Å². The maximum atomic E-state index is 13.0. The number of H-pyrrole nitrogens is 1. The molecule has 0 spiro atoms. The number of nitrogens with zero attached hydrogens (tertiary/aromatic N) is 6. The van der Waals surface area contributed by atoms with E-state index in [9.17, 15) is 13.2 Å². The molecule has 140 valence electrons. The number of rotatable bonds is 4. The molecule has 12 heteroatoms. The molecule has 7 nitrogen and oxygen atoms in total. The van der Waals surface area contributed by atoms with Crippen molar-refractivity contribution < 1.29 is 13.2 Å². The summed E-state index contributed by atoms with van der Waals surface area (Å²) in [7, 11) is 0. The van der Waals surface area contributed by atoms with Crippen LogP contribution in [0, 0.1) is 18.6 Å². The molecule has 3 heterocycles. The molecule has 26 heavy (non-hydrogen) atoms. The number of aromatic amines is 1. The first-order chi connectivity index (χ1) is 12.1. The zero-order valence-electron chi connectivity index (χ0n) is 14.1. The van der Waals surface area contributed by atoms with Crippen LogP contribution in [-0.4, -0.2) is 34.3 Å². The molecular formula is C14H15ClF3N7S. The second-order valence-electron chi connectivity index (χ2n) is 5.61. The summed E-state index contributed by atoms with van der Waals surface area (Å²) in [6.07, 6.45) is -2.99. The predicted octanol–water partition coefficient (Wildman–Crippen LogP) is 3.68. The fraction of sp³-hybridized carbons (Fsp3) is 0.429. The van der Waals surface area contributed by atoms with Crippen molar-refractivity contribution in [2.45, 2.75) is 40.0 Å². The van der Waals surface area contributed by atoms with Gasteiger partial charge in [-0.2, -0.15) is 28.5 Å². The minimum Gasteiger partial charge on any atom is -0.268 e. The highest BCUT2D eigenvalue weighted by Crippen LogP contribution is 2.35. The van der Waals surface area contributed by atoms with Gasteiger partial charge in [0.15, 0.2) is 16.3 Å². The molecule has 0 aliphatic carbocycles. The van der Waals surface area contributed by atoms with Gasteiger partial charge in [0, 0.05) is 6.54 Å². The highest BCUT2D eigenvalue weighted by Gasteiger charge is 2.38. The van der Waals surface area contributed by atoms with Gasteiger partial charge < -0.3 is 0 Å². The Morgan fingerprint density at radius 3 is 2.46 bits per heavy atom. The molecule has 3 aromatic rings. The van der Waals surface area contributed by atoms with Crippen LogP contribution in [0.4, 0.5) is 13.2 Å². The molecule has 0 unspecified atom stereocenters. The average molecular weight is 406 g/mol. The lowest BCUT2D eigenvalue weighted by Crippen LogP contribution is -2.12. The molecule has 3 rings (SSSR count). The van der Waals surface area contributed by atoms with E-state index in [-0.39, 0.29) is 12.2 Å². The number of alkyl halides is 3. The highest BCUT2D eigenvalue weighted by molar-refractivity contribution is 7.71. The molecule has 0 aliphatic rings. The van der Waals surface area contributed by atoms with E-state index in [0.29, 0.717) is 22.8 Å². The molecule has 3 aromatic heterocycles. The van der Waals surface area contributed by atoms with Crippen molar-refractivity contribution in [2.24, 2.45) is 0 Å². The summed E-state index contributed by atoms with van der Waals surface area (Å²) in [5, 5.41) is 14.2. The Labute approximate surface area is 156 Å². The third kappa shape index (κ3) is 3.05. The van der Waals surface area contributed by atoms with E-state index in [1.807, 2.05) is 13.8 Å². The summed E-state index contributed by atoms with van der Waals surface area (Å²) in [4.78, 5) is 0. The van der Waals surface area contributed by atoms with Gasteiger partial charge in [0.1, 0.15) is 6.54 Å². The average Bonchev–Trinajstić information content (AvgIpc) is 3.19. The number of hydrogen-bond acceptors (Lipinski definition) is 4. The van der Waals surface area contributed by atoms with Crippen LogP contribution in [0.2, 0.25) is 5.02 Å². The Morgan fingerprint density at radius 1 is 1.23 bits per heavy atom. The number of nitrogens with one attached hydrogen (secondary N) is 1.